The monoisotopic (exact) mass is 181 g/mol. The van der Waals surface area contributed by atoms with E-state index in [1.165, 1.54) is 12.1 Å². The lowest BCUT2D eigenvalue weighted by molar-refractivity contribution is 0.626. The van der Waals surface area contributed by atoms with Gasteiger partial charge in [0.2, 0.25) is 0 Å². The first kappa shape index (κ1) is 10.0. The van der Waals surface area contributed by atoms with Gasteiger partial charge < -0.3 is 5.32 Å². The first-order valence-electron chi connectivity index (χ1n) is 4.65. The molecule has 1 N–H and O–H groups in total. The van der Waals surface area contributed by atoms with Crippen LogP contribution < -0.4 is 5.32 Å². The number of anilines is 1. The number of hydrogen-bond acceptors (Lipinski definition) is 1. The molecule has 13 heavy (non-hydrogen) atoms. The lowest BCUT2D eigenvalue weighted by Crippen LogP contribution is -2.13. The zero-order chi connectivity index (χ0) is 9.84. The van der Waals surface area contributed by atoms with Crippen LogP contribution >= 0.6 is 0 Å². The molecule has 0 aliphatic heterocycles. The minimum absolute atomic E-state index is 0.175. The molecule has 0 spiro atoms. The lowest BCUT2D eigenvalue weighted by atomic mass is 10.2. The number of nitrogens with one attached hydrogen (secondary N) is 1. The van der Waals surface area contributed by atoms with Crippen LogP contribution in [0.3, 0.4) is 0 Å². The molecule has 0 fully saturated rings. The molecule has 1 unspecified atom stereocenters. The molecule has 72 valence electrons. The van der Waals surface area contributed by atoms with Gasteiger partial charge in [-0.1, -0.05) is 6.92 Å². The Kier molecular flexibility index (Phi) is 3.29. The summed E-state index contributed by atoms with van der Waals surface area (Å²) in [5.41, 5.74) is 1.82. The van der Waals surface area contributed by atoms with Gasteiger partial charge in [0.05, 0.1) is 0 Å². The number of rotatable bonds is 3. The van der Waals surface area contributed by atoms with E-state index in [1.54, 1.807) is 0 Å². The predicted octanol–water partition coefficient (Wildman–Crippen LogP) is 3.34. The maximum Gasteiger partial charge on any atom is 0.125 e. The topological polar surface area (TPSA) is 12.0 Å². The molecule has 0 bridgehead atoms. The highest BCUT2D eigenvalue weighted by Gasteiger charge is 2.00. The van der Waals surface area contributed by atoms with Gasteiger partial charge in [0.25, 0.3) is 0 Å². The quantitative estimate of drug-likeness (QED) is 0.754. The summed E-state index contributed by atoms with van der Waals surface area (Å²) in [6.45, 7) is 6.08. The molecular formula is C11H16FN. The molecule has 1 nitrogen and oxygen atoms in total. The van der Waals surface area contributed by atoms with Crippen molar-refractivity contribution in [3.05, 3.63) is 29.6 Å². The number of benzene rings is 1. The molecule has 1 aromatic carbocycles. The molecule has 0 radical (unpaired) electrons. The van der Waals surface area contributed by atoms with E-state index in [-0.39, 0.29) is 5.82 Å². The number of aryl methyl sites for hydroxylation is 1. The van der Waals surface area contributed by atoms with E-state index in [0.717, 1.165) is 17.7 Å². The summed E-state index contributed by atoms with van der Waals surface area (Å²) in [6.07, 6.45) is 1.04. The van der Waals surface area contributed by atoms with Crippen LogP contribution in [0.4, 0.5) is 10.1 Å². The minimum atomic E-state index is -0.175. The predicted molar refractivity (Wildman–Crippen MR) is 54.5 cm³/mol. The van der Waals surface area contributed by atoms with E-state index in [2.05, 4.69) is 19.2 Å². The van der Waals surface area contributed by atoms with Crippen LogP contribution in [0.1, 0.15) is 25.8 Å². The summed E-state index contributed by atoms with van der Waals surface area (Å²) in [6, 6.07) is 5.40. The second kappa shape index (κ2) is 4.26. The first-order chi connectivity index (χ1) is 6.11. The van der Waals surface area contributed by atoms with Crippen LogP contribution in [-0.4, -0.2) is 6.04 Å². The molecule has 0 saturated heterocycles. The molecule has 0 saturated carbocycles. The van der Waals surface area contributed by atoms with Crippen molar-refractivity contribution in [1.29, 1.82) is 0 Å². The zero-order valence-electron chi connectivity index (χ0n) is 8.39. The summed E-state index contributed by atoms with van der Waals surface area (Å²) >= 11 is 0. The molecule has 2 heteroatoms. The Labute approximate surface area is 79.0 Å². The fourth-order valence-electron chi connectivity index (χ4n) is 1.21. The SMILES string of the molecule is CCC(C)Nc1cc(C)cc(F)c1. The molecule has 0 aliphatic carbocycles. The Bertz CT molecular complexity index is 263. The largest absolute Gasteiger partial charge is 0.383 e. The van der Waals surface area contributed by atoms with Gasteiger partial charge in [0.1, 0.15) is 5.82 Å². The fourth-order valence-corrected chi connectivity index (χ4v) is 1.21. The van der Waals surface area contributed by atoms with Gasteiger partial charge in [-0.2, -0.15) is 0 Å². The molecule has 0 aliphatic rings. The normalized spacial score (nSPS) is 12.6. The molecule has 0 heterocycles. The van der Waals surface area contributed by atoms with Crippen LogP contribution in [0.15, 0.2) is 18.2 Å². The second-order valence-electron chi connectivity index (χ2n) is 3.47. The number of hydrogen-bond donors (Lipinski definition) is 1. The molecule has 1 aromatic rings. The van der Waals surface area contributed by atoms with Crippen molar-refractivity contribution in [2.45, 2.75) is 33.2 Å². The van der Waals surface area contributed by atoms with E-state index in [0.29, 0.717) is 6.04 Å². The third-order valence-electron chi connectivity index (χ3n) is 2.07. The molecule has 0 aromatic heterocycles. The van der Waals surface area contributed by atoms with Gasteiger partial charge in [-0.05, 0) is 44.0 Å². The van der Waals surface area contributed by atoms with E-state index < -0.39 is 0 Å². The van der Waals surface area contributed by atoms with Crippen LogP contribution in [0, 0.1) is 12.7 Å². The zero-order valence-corrected chi connectivity index (χ0v) is 8.39. The first-order valence-corrected chi connectivity index (χ1v) is 4.65. The molecule has 1 rings (SSSR count). The van der Waals surface area contributed by atoms with Crippen molar-refractivity contribution >= 4 is 5.69 Å². The highest BCUT2D eigenvalue weighted by atomic mass is 19.1. The van der Waals surface area contributed by atoms with Crippen LogP contribution in [0.2, 0.25) is 0 Å². The van der Waals surface area contributed by atoms with Crippen molar-refractivity contribution < 1.29 is 4.39 Å². The van der Waals surface area contributed by atoms with Gasteiger partial charge in [-0.25, -0.2) is 4.39 Å². The molecule has 1 atom stereocenters. The highest BCUT2D eigenvalue weighted by Crippen LogP contribution is 2.14. The maximum atomic E-state index is 12.9. The summed E-state index contributed by atoms with van der Waals surface area (Å²) in [4.78, 5) is 0. The standard InChI is InChI=1S/C11H16FN/c1-4-9(3)13-11-6-8(2)5-10(12)7-11/h5-7,9,13H,4H2,1-3H3. The van der Waals surface area contributed by atoms with E-state index in [4.69, 9.17) is 0 Å². The molecular weight excluding hydrogens is 165 g/mol. The van der Waals surface area contributed by atoms with Crippen molar-refractivity contribution in [3.8, 4) is 0 Å². The smallest absolute Gasteiger partial charge is 0.125 e. The maximum absolute atomic E-state index is 12.9. The summed E-state index contributed by atoms with van der Waals surface area (Å²) < 4.78 is 12.9. The third kappa shape index (κ3) is 3.05. The lowest BCUT2D eigenvalue weighted by Gasteiger charge is -2.13. The Balaban J connectivity index is 2.77. The van der Waals surface area contributed by atoms with Crippen molar-refractivity contribution in [2.75, 3.05) is 5.32 Å². The van der Waals surface area contributed by atoms with Gasteiger partial charge in [-0.15, -0.1) is 0 Å². The Hall–Kier alpha value is -1.05. The summed E-state index contributed by atoms with van der Waals surface area (Å²) in [5.74, 6) is -0.175. The van der Waals surface area contributed by atoms with E-state index >= 15 is 0 Å². The minimum Gasteiger partial charge on any atom is -0.383 e. The molecule has 0 amide bonds. The average Bonchev–Trinajstić information content (AvgIpc) is 2.02. The fraction of sp³-hybridized carbons (Fsp3) is 0.455. The van der Waals surface area contributed by atoms with Crippen molar-refractivity contribution in [3.63, 3.8) is 0 Å². The highest BCUT2D eigenvalue weighted by molar-refractivity contribution is 5.46. The van der Waals surface area contributed by atoms with E-state index in [1.807, 2.05) is 13.0 Å². The summed E-state index contributed by atoms with van der Waals surface area (Å²) in [7, 11) is 0. The van der Waals surface area contributed by atoms with Gasteiger partial charge >= 0.3 is 0 Å². The van der Waals surface area contributed by atoms with Crippen LogP contribution in [0.25, 0.3) is 0 Å². The van der Waals surface area contributed by atoms with Gasteiger partial charge in [0, 0.05) is 11.7 Å². The Morgan fingerprint density at radius 2 is 2.08 bits per heavy atom. The van der Waals surface area contributed by atoms with Gasteiger partial charge in [-0.3, -0.25) is 0 Å². The van der Waals surface area contributed by atoms with E-state index in [9.17, 15) is 4.39 Å². The summed E-state index contributed by atoms with van der Waals surface area (Å²) in [5, 5.41) is 3.23. The van der Waals surface area contributed by atoms with Crippen LogP contribution in [0.5, 0.6) is 0 Å². The third-order valence-corrected chi connectivity index (χ3v) is 2.07. The second-order valence-corrected chi connectivity index (χ2v) is 3.47. The number of halogens is 1. The van der Waals surface area contributed by atoms with Crippen LogP contribution in [-0.2, 0) is 0 Å². The van der Waals surface area contributed by atoms with Crippen molar-refractivity contribution in [1.82, 2.24) is 0 Å². The Morgan fingerprint density at radius 3 is 2.62 bits per heavy atom. The average molecular weight is 181 g/mol. The van der Waals surface area contributed by atoms with Crippen molar-refractivity contribution in [2.24, 2.45) is 0 Å². The Morgan fingerprint density at radius 1 is 1.38 bits per heavy atom. The van der Waals surface area contributed by atoms with Gasteiger partial charge in [0.15, 0.2) is 0 Å².